The zero-order chi connectivity index (χ0) is 20.8. The van der Waals surface area contributed by atoms with Crippen LogP contribution in [0.3, 0.4) is 0 Å². The van der Waals surface area contributed by atoms with Gasteiger partial charge in [0.05, 0.1) is 0 Å². The minimum absolute atomic E-state index is 0.124. The van der Waals surface area contributed by atoms with Gasteiger partial charge in [-0.2, -0.15) is 4.98 Å². The van der Waals surface area contributed by atoms with Crippen LogP contribution in [0.5, 0.6) is 0 Å². The summed E-state index contributed by atoms with van der Waals surface area (Å²) in [7, 11) is 0. The van der Waals surface area contributed by atoms with Gasteiger partial charge in [-0.3, -0.25) is 0 Å². The number of nitrogens with zero attached hydrogens (tertiary/aromatic N) is 3. The van der Waals surface area contributed by atoms with Crippen molar-refractivity contribution in [3.8, 4) is 0 Å². The number of hydrogen-bond acceptors (Lipinski definition) is 4. The van der Waals surface area contributed by atoms with Crippen LogP contribution in [0.15, 0.2) is 36.4 Å². The summed E-state index contributed by atoms with van der Waals surface area (Å²) in [6, 6.07) is 12.7. The van der Waals surface area contributed by atoms with Gasteiger partial charge in [-0.25, -0.2) is 4.98 Å². The third-order valence-electron chi connectivity index (χ3n) is 6.37. The third-order valence-corrected chi connectivity index (χ3v) is 6.81. The van der Waals surface area contributed by atoms with Crippen molar-refractivity contribution in [3.05, 3.63) is 47.1 Å². The second-order valence-electron chi connectivity index (χ2n) is 8.43. The highest BCUT2D eigenvalue weighted by molar-refractivity contribution is 7.80. The van der Waals surface area contributed by atoms with Gasteiger partial charge in [-0.15, -0.1) is 0 Å². The first-order chi connectivity index (χ1) is 14.6. The van der Waals surface area contributed by atoms with Gasteiger partial charge in [0.2, 0.25) is 5.95 Å². The summed E-state index contributed by atoms with van der Waals surface area (Å²) in [6.07, 6.45) is 9.84. The van der Waals surface area contributed by atoms with E-state index < -0.39 is 0 Å². The molecule has 0 unspecified atom stereocenters. The van der Waals surface area contributed by atoms with Gasteiger partial charge < -0.3 is 15.5 Å². The number of aromatic nitrogens is 2. The molecule has 2 aliphatic rings. The smallest absolute Gasteiger partial charge is 0.232 e. The second-order valence-corrected chi connectivity index (χ2v) is 9.23. The van der Waals surface area contributed by atoms with E-state index in [0.717, 1.165) is 25.5 Å². The maximum atomic E-state index is 6.27. The molecule has 7 heteroatoms. The van der Waals surface area contributed by atoms with Crippen LogP contribution in [0.1, 0.15) is 56.9 Å². The van der Waals surface area contributed by atoms with Gasteiger partial charge >= 0.3 is 0 Å². The Morgan fingerprint density at radius 2 is 1.70 bits per heavy atom. The van der Waals surface area contributed by atoms with E-state index in [1.54, 1.807) is 0 Å². The van der Waals surface area contributed by atoms with E-state index in [2.05, 4.69) is 55.8 Å². The first-order valence-electron chi connectivity index (χ1n) is 11.0. The Morgan fingerprint density at radius 3 is 2.43 bits per heavy atom. The molecule has 1 aliphatic heterocycles. The number of thiocarbonyl (C=S) groups is 1. The van der Waals surface area contributed by atoms with E-state index in [0.29, 0.717) is 16.2 Å². The molecule has 1 aromatic heterocycles. The predicted octanol–water partition coefficient (Wildman–Crippen LogP) is 5.31. The second kappa shape index (κ2) is 9.92. The van der Waals surface area contributed by atoms with Crippen LogP contribution in [0.25, 0.3) is 0 Å². The Bertz CT molecular complexity index is 848. The number of rotatable bonds is 5. The van der Waals surface area contributed by atoms with Crippen LogP contribution in [0, 0.1) is 0 Å². The van der Waals surface area contributed by atoms with Crippen molar-refractivity contribution in [3.63, 3.8) is 0 Å². The average Bonchev–Trinajstić information content (AvgIpc) is 2.79. The molecule has 0 amide bonds. The van der Waals surface area contributed by atoms with Gasteiger partial charge in [0.1, 0.15) is 11.0 Å². The Morgan fingerprint density at radius 1 is 1.00 bits per heavy atom. The standard InChI is InChI=1S/C23H30ClN5S/c24-19-16-20(29-14-8-3-9-15-29)27-21(26-19)28-22(30)25-17-23(12-6-2-7-13-23)18-10-4-1-5-11-18/h1,4-5,10-11,16H,2-3,6-9,12-15,17H2,(H2,25,26,27,28,30). The number of nitrogens with one attached hydrogen (secondary N) is 2. The summed E-state index contributed by atoms with van der Waals surface area (Å²) < 4.78 is 0. The molecule has 1 aromatic carbocycles. The van der Waals surface area contributed by atoms with E-state index in [9.17, 15) is 0 Å². The van der Waals surface area contributed by atoms with Gasteiger partial charge in [-0.05, 0) is 49.9 Å². The summed E-state index contributed by atoms with van der Waals surface area (Å²) >= 11 is 11.9. The van der Waals surface area contributed by atoms with Crippen molar-refractivity contribution in [2.45, 2.75) is 56.8 Å². The van der Waals surface area contributed by atoms with Gasteiger partial charge in [-0.1, -0.05) is 61.2 Å². The van der Waals surface area contributed by atoms with Crippen molar-refractivity contribution < 1.29 is 0 Å². The first-order valence-corrected chi connectivity index (χ1v) is 11.8. The van der Waals surface area contributed by atoms with E-state index >= 15 is 0 Å². The van der Waals surface area contributed by atoms with E-state index in [1.165, 1.54) is 56.9 Å². The Balaban J connectivity index is 1.42. The zero-order valence-electron chi connectivity index (χ0n) is 17.4. The average molecular weight is 444 g/mol. The fourth-order valence-electron chi connectivity index (χ4n) is 4.73. The fourth-order valence-corrected chi connectivity index (χ4v) is 5.07. The molecule has 0 atom stereocenters. The quantitative estimate of drug-likeness (QED) is 0.482. The molecule has 2 fully saturated rings. The minimum atomic E-state index is 0.124. The van der Waals surface area contributed by atoms with Gasteiger partial charge in [0.15, 0.2) is 5.11 Å². The molecule has 1 saturated heterocycles. The summed E-state index contributed by atoms with van der Waals surface area (Å²) in [5, 5.41) is 7.58. The molecule has 2 heterocycles. The van der Waals surface area contributed by atoms with Crippen LogP contribution < -0.4 is 15.5 Å². The summed E-state index contributed by atoms with van der Waals surface area (Å²) in [5.74, 6) is 1.33. The highest BCUT2D eigenvalue weighted by Crippen LogP contribution is 2.38. The first kappa shape index (κ1) is 21.3. The molecule has 0 radical (unpaired) electrons. The molecular weight excluding hydrogens is 414 g/mol. The topological polar surface area (TPSA) is 53.1 Å². The normalized spacial score (nSPS) is 18.6. The summed E-state index contributed by atoms with van der Waals surface area (Å²) in [4.78, 5) is 11.3. The zero-order valence-corrected chi connectivity index (χ0v) is 18.9. The molecule has 4 rings (SSSR count). The van der Waals surface area contributed by atoms with Crippen LogP contribution in [-0.4, -0.2) is 34.7 Å². The number of benzene rings is 1. The maximum absolute atomic E-state index is 6.27. The van der Waals surface area contributed by atoms with E-state index in [1.807, 2.05) is 6.07 Å². The molecule has 2 N–H and O–H groups in total. The van der Waals surface area contributed by atoms with Gasteiger partial charge in [0.25, 0.3) is 0 Å². The van der Waals surface area contributed by atoms with Crippen LogP contribution in [0.4, 0.5) is 11.8 Å². The highest BCUT2D eigenvalue weighted by Gasteiger charge is 2.33. The summed E-state index contributed by atoms with van der Waals surface area (Å²) in [6.45, 7) is 2.83. The fraction of sp³-hybridized carbons (Fsp3) is 0.522. The lowest BCUT2D eigenvalue weighted by Crippen LogP contribution is -2.43. The van der Waals surface area contributed by atoms with Crippen LogP contribution >= 0.6 is 23.8 Å². The largest absolute Gasteiger partial charge is 0.361 e. The monoisotopic (exact) mass is 443 g/mol. The van der Waals surface area contributed by atoms with E-state index in [4.69, 9.17) is 23.8 Å². The predicted molar refractivity (Wildman–Crippen MR) is 129 cm³/mol. The number of piperidine rings is 1. The van der Waals surface area contributed by atoms with Crippen molar-refractivity contribution in [1.82, 2.24) is 15.3 Å². The molecule has 5 nitrogen and oxygen atoms in total. The molecule has 1 aliphatic carbocycles. The highest BCUT2D eigenvalue weighted by atomic mass is 35.5. The lowest BCUT2D eigenvalue weighted by atomic mass is 9.69. The Labute approximate surface area is 189 Å². The molecule has 2 aromatic rings. The lowest BCUT2D eigenvalue weighted by molar-refractivity contribution is 0.292. The minimum Gasteiger partial charge on any atom is -0.361 e. The van der Waals surface area contributed by atoms with Gasteiger partial charge in [0, 0.05) is 31.1 Å². The third kappa shape index (κ3) is 5.22. The molecule has 1 saturated carbocycles. The Hall–Kier alpha value is -1.92. The van der Waals surface area contributed by atoms with E-state index in [-0.39, 0.29) is 5.41 Å². The number of anilines is 2. The van der Waals surface area contributed by atoms with Crippen molar-refractivity contribution in [2.24, 2.45) is 0 Å². The van der Waals surface area contributed by atoms with Crippen LogP contribution in [0.2, 0.25) is 5.15 Å². The molecular formula is C23H30ClN5S. The molecule has 30 heavy (non-hydrogen) atoms. The molecule has 0 bridgehead atoms. The SMILES string of the molecule is S=C(NCC1(c2ccccc2)CCCCC1)Nc1nc(Cl)cc(N2CCCCC2)n1. The molecule has 0 spiro atoms. The van der Waals surface area contributed by atoms with Crippen molar-refractivity contribution in [2.75, 3.05) is 29.9 Å². The van der Waals surface area contributed by atoms with Crippen LogP contribution in [-0.2, 0) is 5.41 Å². The number of halogens is 1. The van der Waals surface area contributed by atoms with Crippen molar-refractivity contribution in [1.29, 1.82) is 0 Å². The number of hydrogen-bond donors (Lipinski definition) is 2. The molecule has 160 valence electrons. The maximum Gasteiger partial charge on any atom is 0.232 e. The van der Waals surface area contributed by atoms with Crippen molar-refractivity contribution >= 4 is 40.7 Å². The summed E-state index contributed by atoms with van der Waals surface area (Å²) in [5.41, 5.74) is 1.52. The Kier molecular flexibility index (Phi) is 7.05. The lowest BCUT2D eigenvalue weighted by Gasteiger charge is -2.38.